The van der Waals surface area contributed by atoms with Crippen LogP contribution in [0.4, 0.5) is 17.1 Å². The smallest absolute Gasteiger partial charge is 0.248 e. The van der Waals surface area contributed by atoms with Crippen LogP contribution in [0.1, 0.15) is 16.7 Å². The van der Waals surface area contributed by atoms with Gasteiger partial charge in [-0.05, 0) is 142 Å². The summed E-state index contributed by atoms with van der Waals surface area (Å²) in [6.45, 7) is 4.33. The Kier molecular flexibility index (Phi) is 7.93. The predicted molar refractivity (Wildman–Crippen MR) is 272 cm³/mol. The van der Waals surface area contributed by atoms with Crippen LogP contribution in [0, 0.1) is 25.2 Å². The fraction of sp³-hybridized carbons (Fsp3) is 0.0328. The third-order valence-electron chi connectivity index (χ3n) is 14.1. The van der Waals surface area contributed by atoms with E-state index in [0.29, 0.717) is 5.56 Å². The molecule has 11 aromatic rings. The molecule has 0 aromatic heterocycles. The van der Waals surface area contributed by atoms with Crippen molar-refractivity contribution >= 4 is 83.3 Å². The molecular formula is C61H39BN2. The lowest BCUT2D eigenvalue weighted by molar-refractivity contribution is 1.22. The molecule has 0 unspecified atom stereocenters. The van der Waals surface area contributed by atoms with E-state index in [-0.39, 0.29) is 6.71 Å². The van der Waals surface area contributed by atoms with E-state index in [2.05, 4.69) is 225 Å². The Hall–Kier alpha value is -8.19. The third-order valence-corrected chi connectivity index (χ3v) is 14.1. The van der Waals surface area contributed by atoms with Crippen LogP contribution < -0.4 is 21.3 Å². The van der Waals surface area contributed by atoms with Crippen LogP contribution in [0.2, 0.25) is 0 Å². The molecule has 0 bridgehead atoms. The zero-order valence-electron chi connectivity index (χ0n) is 35.5. The van der Waals surface area contributed by atoms with Gasteiger partial charge in [0.15, 0.2) is 0 Å². The normalized spacial score (nSPS) is 12.5. The summed E-state index contributed by atoms with van der Waals surface area (Å²) in [5.74, 6) is 0. The van der Waals surface area contributed by atoms with E-state index < -0.39 is 0 Å². The number of hydrogen-bond donors (Lipinski definition) is 0. The lowest BCUT2D eigenvalue weighted by Gasteiger charge is -2.42. The summed E-state index contributed by atoms with van der Waals surface area (Å²) in [4.78, 5) is 2.51. The summed E-state index contributed by atoms with van der Waals surface area (Å²) in [6.07, 6.45) is 0. The Morgan fingerprint density at radius 1 is 0.406 bits per heavy atom. The standard InChI is InChI=1S/C61H39BN2/c1-37-18-16-19-38(2)61(37)64-53-35-49-48(56(41-22-8-4-9-23-41)43-26-12-13-27-44(43)57(49)42-24-10-5-11-25-42)34-52(53)62-51-31-17-30-47-55(40-20-6-3-7-21-40)45-28-14-15-29-46(45)58(59(47)51)50-32-39(36-63)33-54(64)60(50)62/h3-35H,1-2H3. The van der Waals surface area contributed by atoms with Gasteiger partial charge in [0.25, 0.3) is 0 Å². The molecule has 0 spiro atoms. The van der Waals surface area contributed by atoms with E-state index in [1.807, 2.05) is 0 Å². The molecule has 3 heteroatoms. The topological polar surface area (TPSA) is 27.0 Å². The molecule has 0 fully saturated rings. The van der Waals surface area contributed by atoms with Gasteiger partial charge in [-0.3, -0.25) is 0 Å². The van der Waals surface area contributed by atoms with Gasteiger partial charge in [-0.1, -0.05) is 187 Å². The first-order valence-electron chi connectivity index (χ1n) is 22.2. The molecule has 0 atom stereocenters. The summed E-state index contributed by atoms with van der Waals surface area (Å²) in [7, 11) is 0. The van der Waals surface area contributed by atoms with Crippen molar-refractivity contribution in [3.8, 4) is 50.6 Å². The molecule has 0 radical (unpaired) electrons. The fourth-order valence-electron chi connectivity index (χ4n) is 11.6. The highest BCUT2D eigenvalue weighted by atomic mass is 15.2. The van der Waals surface area contributed by atoms with Gasteiger partial charge in [0, 0.05) is 11.4 Å². The van der Waals surface area contributed by atoms with Crippen molar-refractivity contribution in [1.29, 1.82) is 5.26 Å². The lowest BCUT2D eigenvalue weighted by atomic mass is 9.32. The Balaban J connectivity index is 1.27. The zero-order chi connectivity index (χ0) is 42.6. The van der Waals surface area contributed by atoms with Crippen LogP contribution in [0.5, 0.6) is 0 Å². The van der Waals surface area contributed by atoms with E-state index in [0.717, 1.165) is 22.6 Å². The number of aryl methyl sites for hydroxylation is 2. The average Bonchev–Trinajstić information content (AvgIpc) is 3.34. The van der Waals surface area contributed by atoms with Gasteiger partial charge in [-0.25, -0.2) is 0 Å². The van der Waals surface area contributed by atoms with Crippen molar-refractivity contribution in [3.63, 3.8) is 0 Å². The van der Waals surface area contributed by atoms with Gasteiger partial charge in [0.1, 0.15) is 0 Å². The Bertz CT molecular complexity index is 3790. The van der Waals surface area contributed by atoms with Gasteiger partial charge >= 0.3 is 0 Å². The number of para-hydroxylation sites is 1. The number of hydrogen-bond acceptors (Lipinski definition) is 2. The summed E-state index contributed by atoms with van der Waals surface area (Å²) < 4.78 is 0. The SMILES string of the molecule is Cc1cccc(C)c1N1c2cc3c(-c4ccccc4)c4ccccc4c(-c4ccccc4)c3cc2B2c3c(cc(C#N)cc31)-c1c3ccccc3c(-c3ccccc3)c3cccc2c13. The number of rotatable bonds is 4. The number of benzene rings is 11. The molecule has 0 saturated carbocycles. The highest BCUT2D eigenvalue weighted by molar-refractivity contribution is 7.01. The highest BCUT2D eigenvalue weighted by Crippen LogP contribution is 2.51. The highest BCUT2D eigenvalue weighted by Gasteiger charge is 2.43. The zero-order valence-corrected chi connectivity index (χ0v) is 35.5. The maximum atomic E-state index is 11.0. The molecule has 2 aliphatic rings. The molecule has 296 valence electrons. The molecular weight excluding hydrogens is 771 g/mol. The van der Waals surface area contributed by atoms with Gasteiger partial charge in [0.2, 0.25) is 6.71 Å². The van der Waals surface area contributed by atoms with Crippen LogP contribution in [-0.4, -0.2) is 6.71 Å². The Labute approximate surface area is 373 Å². The largest absolute Gasteiger partial charge is 0.311 e. The number of nitrogens with zero attached hydrogens (tertiary/aromatic N) is 2. The second kappa shape index (κ2) is 13.9. The molecule has 2 nitrogen and oxygen atoms in total. The number of anilines is 3. The molecule has 0 amide bonds. The number of fused-ring (bicyclic) bond motifs is 8. The van der Waals surface area contributed by atoms with Crippen LogP contribution in [-0.2, 0) is 0 Å². The van der Waals surface area contributed by atoms with E-state index >= 15 is 0 Å². The van der Waals surface area contributed by atoms with E-state index in [1.165, 1.54) is 110 Å². The van der Waals surface area contributed by atoms with Gasteiger partial charge in [-0.15, -0.1) is 0 Å². The molecule has 2 heterocycles. The Morgan fingerprint density at radius 3 is 1.42 bits per heavy atom. The molecule has 64 heavy (non-hydrogen) atoms. The lowest BCUT2D eigenvalue weighted by Crippen LogP contribution is -2.59. The second-order valence-electron chi connectivity index (χ2n) is 17.5. The van der Waals surface area contributed by atoms with Crippen molar-refractivity contribution in [2.75, 3.05) is 4.90 Å². The quantitative estimate of drug-likeness (QED) is 0.131. The summed E-state index contributed by atoms with van der Waals surface area (Å²) in [6, 6.07) is 76.1. The first-order valence-corrected chi connectivity index (χ1v) is 22.2. The van der Waals surface area contributed by atoms with Crippen LogP contribution in [0.25, 0.3) is 87.6 Å². The Morgan fingerprint density at radius 2 is 0.875 bits per heavy atom. The molecule has 13 rings (SSSR count). The van der Waals surface area contributed by atoms with Crippen molar-refractivity contribution in [2.24, 2.45) is 0 Å². The average molecular weight is 811 g/mol. The minimum atomic E-state index is -0.117. The van der Waals surface area contributed by atoms with Gasteiger partial charge in [0.05, 0.1) is 17.3 Å². The van der Waals surface area contributed by atoms with Crippen LogP contribution in [0.15, 0.2) is 200 Å². The first-order chi connectivity index (χ1) is 31.6. The van der Waals surface area contributed by atoms with Gasteiger partial charge in [-0.2, -0.15) is 5.26 Å². The van der Waals surface area contributed by atoms with E-state index in [9.17, 15) is 5.26 Å². The first kappa shape index (κ1) is 36.5. The monoisotopic (exact) mass is 810 g/mol. The summed E-state index contributed by atoms with van der Waals surface area (Å²) in [5, 5.41) is 20.8. The molecule has 2 aliphatic heterocycles. The van der Waals surface area contributed by atoms with Crippen LogP contribution in [0.3, 0.4) is 0 Å². The maximum Gasteiger partial charge on any atom is 0.248 e. The summed E-state index contributed by atoms with van der Waals surface area (Å²) in [5.41, 5.74) is 19.8. The van der Waals surface area contributed by atoms with E-state index in [1.54, 1.807) is 0 Å². The van der Waals surface area contributed by atoms with Gasteiger partial charge < -0.3 is 4.90 Å². The van der Waals surface area contributed by atoms with Crippen molar-refractivity contribution in [2.45, 2.75) is 13.8 Å². The predicted octanol–water partition coefficient (Wildman–Crippen LogP) is 14.1. The second-order valence-corrected chi connectivity index (χ2v) is 17.5. The molecule has 0 aliphatic carbocycles. The van der Waals surface area contributed by atoms with Crippen molar-refractivity contribution in [3.05, 3.63) is 217 Å². The van der Waals surface area contributed by atoms with E-state index in [4.69, 9.17) is 0 Å². The molecule has 11 aromatic carbocycles. The summed E-state index contributed by atoms with van der Waals surface area (Å²) >= 11 is 0. The minimum Gasteiger partial charge on any atom is -0.311 e. The molecule has 0 saturated heterocycles. The number of nitriles is 1. The fourth-order valence-corrected chi connectivity index (χ4v) is 11.6. The maximum absolute atomic E-state index is 11.0. The third kappa shape index (κ3) is 5.09. The van der Waals surface area contributed by atoms with Crippen molar-refractivity contribution in [1.82, 2.24) is 0 Å². The van der Waals surface area contributed by atoms with Crippen LogP contribution >= 0.6 is 0 Å². The minimum absolute atomic E-state index is 0.117. The molecule has 0 N–H and O–H groups in total. The van der Waals surface area contributed by atoms with Crippen molar-refractivity contribution < 1.29 is 0 Å².